The first-order valence-electron chi connectivity index (χ1n) is 5.34. The fourth-order valence-electron chi connectivity index (χ4n) is 2.04. The fraction of sp³-hybridized carbons (Fsp3) is 0.462. The summed E-state index contributed by atoms with van der Waals surface area (Å²) in [4.78, 5) is 11.0. The van der Waals surface area contributed by atoms with E-state index in [1.54, 1.807) is 14.2 Å². The highest BCUT2D eigenvalue weighted by molar-refractivity contribution is 5.65. The van der Waals surface area contributed by atoms with Crippen LogP contribution in [0.4, 0.5) is 0 Å². The zero-order valence-corrected chi connectivity index (χ0v) is 10.5. The van der Waals surface area contributed by atoms with Gasteiger partial charge in [-0.25, -0.2) is 0 Å². The van der Waals surface area contributed by atoms with E-state index in [0.717, 1.165) is 34.3 Å². The zero-order chi connectivity index (χ0) is 12.3. The molecule has 0 aliphatic carbocycles. The number of rotatable bonds is 4. The molecule has 0 bridgehead atoms. The number of hydrogen-bond donors (Lipinski definition) is 1. The number of likely N-dealkylation sites (N-methyl/N-ethyl adjacent to an activating group) is 1. The van der Waals surface area contributed by atoms with Crippen LogP contribution in [0.25, 0.3) is 0 Å². The lowest BCUT2D eigenvalue weighted by atomic mass is 9.93. The zero-order valence-electron chi connectivity index (χ0n) is 10.5. The molecule has 0 fully saturated rings. The Balaban J connectivity index is 3.40. The molecule has 3 heteroatoms. The molecule has 0 saturated carbocycles. The molecule has 0 aromatic heterocycles. The van der Waals surface area contributed by atoms with E-state index in [0.29, 0.717) is 0 Å². The predicted molar refractivity (Wildman–Crippen MR) is 65.1 cm³/mol. The number of ether oxygens (including phenoxy) is 1. The lowest BCUT2D eigenvalue weighted by Gasteiger charge is -2.19. The van der Waals surface area contributed by atoms with Crippen molar-refractivity contribution in [3.63, 3.8) is 0 Å². The smallest absolute Gasteiger partial charge is 0.141 e. The van der Waals surface area contributed by atoms with Gasteiger partial charge in [0.05, 0.1) is 13.2 Å². The van der Waals surface area contributed by atoms with Gasteiger partial charge >= 0.3 is 0 Å². The lowest BCUT2D eigenvalue weighted by Crippen LogP contribution is -2.20. The normalized spacial score (nSPS) is 12.3. The van der Waals surface area contributed by atoms with E-state index in [2.05, 4.69) is 5.32 Å². The van der Waals surface area contributed by atoms with Crippen LogP contribution in [0.3, 0.4) is 0 Å². The van der Waals surface area contributed by atoms with Crippen molar-refractivity contribution in [2.45, 2.75) is 26.8 Å². The first kappa shape index (κ1) is 12.7. The Morgan fingerprint density at radius 2 is 1.94 bits per heavy atom. The second-order valence-electron chi connectivity index (χ2n) is 3.96. The van der Waals surface area contributed by atoms with Crippen LogP contribution in [-0.4, -0.2) is 20.4 Å². The molecule has 1 rings (SSSR count). The van der Waals surface area contributed by atoms with E-state index >= 15 is 0 Å². The van der Waals surface area contributed by atoms with Gasteiger partial charge in [-0.3, -0.25) is 0 Å². The molecule has 0 aliphatic rings. The van der Waals surface area contributed by atoms with Gasteiger partial charge in [-0.15, -0.1) is 0 Å². The molecular formula is C13H19NO2. The Hall–Kier alpha value is -1.35. The van der Waals surface area contributed by atoms with Gasteiger partial charge in [-0.05, 0) is 56.1 Å². The Morgan fingerprint density at radius 3 is 2.38 bits per heavy atom. The van der Waals surface area contributed by atoms with E-state index in [9.17, 15) is 4.79 Å². The van der Waals surface area contributed by atoms with Gasteiger partial charge in [0, 0.05) is 0 Å². The number of hydrogen-bond acceptors (Lipinski definition) is 3. The van der Waals surface area contributed by atoms with E-state index in [4.69, 9.17) is 4.74 Å². The van der Waals surface area contributed by atoms with Crippen molar-refractivity contribution in [3.05, 3.63) is 28.3 Å². The third-order valence-electron chi connectivity index (χ3n) is 3.09. The number of benzene rings is 1. The van der Waals surface area contributed by atoms with Gasteiger partial charge in [0.1, 0.15) is 12.0 Å². The van der Waals surface area contributed by atoms with Crippen LogP contribution in [0.15, 0.2) is 6.07 Å². The molecule has 0 amide bonds. The largest absolute Gasteiger partial charge is 0.496 e. The average Bonchev–Trinajstić information content (AvgIpc) is 2.29. The summed E-state index contributed by atoms with van der Waals surface area (Å²) in [5.74, 6) is 0.875. The van der Waals surface area contributed by atoms with Crippen molar-refractivity contribution in [1.29, 1.82) is 0 Å². The third-order valence-corrected chi connectivity index (χ3v) is 3.09. The highest BCUT2D eigenvalue weighted by Crippen LogP contribution is 2.30. The Kier molecular flexibility index (Phi) is 4.07. The molecule has 0 heterocycles. The minimum absolute atomic E-state index is 0.246. The van der Waals surface area contributed by atoms with E-state index in [1.165, 1.54) is 0 Å². The van der Waals surface area contributed by atoms with Crippen molar-refractivity contribution >= 4 is 6.29 Å². The monoisotopic (exact) mass is 221 g/mol. The van der Waals surface area contributed by atoms with Crippen LogP contribution in [0.2, 0.25) is 0 Å². The van der Waals surface area contributed by atoms with Gasteiger partial charge in [0.2, 0.25) is 0 Å². The molecule has 1 unspecified atom stereocenters. The number of methoxy groups -OCH3 is 1. The second kappa shape index (κ2) is 5.12. The summed E-state index contributed by atoms with van der Waals surface area (Å²) in [7, 11) is 3.45. The average molecular weight is 221 g/mol. The predicted octanol–water partition coefficient (Wildman–Crippen LogP) is 2.08. The first-order chi connectivity index (χ1) is 7.56. The Labute approximate surface area is 96.8 Å². The van der Waals surface area contributed by atoms with Crippen molar-refractivity contribution in [1.82, 2.24) is 5.32 Å². The van der Waals surface area contributed by atoms with Crippen LogP contribution in [0.1, 0.15) is 28.3 Å². The fourth-order valence-corrected chi connectivity index (χ4v) is 2.04. The number of carbonyl (C=O) groups excluding carboxylic acids is 1. The molecule has 0 aliphatic heterocycles. The van der Waals surface area contributed by atoms with Gasteiger partial charge in [0.15, 0.2) is 0 Å². The van der Waals surface area contributed by atoms with Crippen LogP contribution < -0.4 is 10.1 Å². The molecule has 3 nitrogen and oxygen atoms in total. The third kappa shape index (κ3) is 2.09. The maximum Gasteiger partial charge on any atom is 0.141 e. The quantitative estimate of drug-likeness (QED) is 0.791. The molecule has 1 N–H and O–H groups in total. The molecule has 16 heavy (non-hydrogen) atoms. The van der Waals surface area contributed by atoms with Gasteiger partial charge in [-0.1, -0.05) is 0 Å². The first-order valence-corrected chi connectivity index (χ1v) is 5.34. The molecule has 0 radical (unpaired) electrons. The highest BCUT2D eigenvalue weighted by atomic mass is 16.5. The SMILES string of the molecule is CNC(C=O)c1c(C)cc(OC)c(C)c1C. The second-order valence-corrected chi connectivity index (χ2v) is 3.96. The van der Waals surface area contributed by atoms with Gasteiger partial charge < -0.3 is 14.8 Å². The van der Waals surface area contributed by atoms with Crippen LogP contribution in [0.5, 0.6) is 5.75 Å². The van der Waals surface area contributed by atoms with Crippen molar-refractivity contribution in [2.75, 3.05) is 14.2 Å². The topological polar surface area (TPSA) is 38.3 Å². The summed E-state index contributed by atoms with van der Waals surface area (Å²) in [5.41, 5.74) is 4.33. The van der Waals surface area contributed by atoms with Crippen LogP contribution >= 0.6 is 0 Å². The summed E-state index contributed by atoms with van der Waals surface area (Å²) < 4.78 is 5.30. The number of carbonyl (C=O) groups is 1. The number of nitrogens with one attached hydrogen (secondary N) is 1. The molecule has 0 saturated heterocycles. The minimum atomic E-state index is -0.246. The number of aryl methyl sites for hydroxylation is 1. The maximum atomic E-state index is 11.0. The van der Waals surface area contributed by atoms with Gasteiger partial charge in [-0.2, -0.15) is 0 Å². The van der Waals surface area contributed by atoms with E-state index < -0.39 is 0 Å². The summed E-state index contributed by atoms with van der Waals surface area (Å²) in [6.45, 7) is 6.03. The van der Waals surface area contributed by atoms with E-state index in [-0.39, 0.29) is 6.04 Å². The van der Waals surface area contributed by atoms with Crippen LogP contribution in [0, 0.1) is 20.8 Å². The minimum Gasteiger partial charge on any atom is -0.496 e. The van der Waals surface area contributed by atoms with E-state index in [1.807, 2.05) is 26.8 Å². The van der Waals surface area contributed by atoms with Crippen LogP contribution in [-0.2, 0) is 4.79 Å². The molecule has 1 atom stereocenters. The van der Waals surface area contributed by atoms with Crippen molar-refractivity contribution in [3.8, 4) is 5.75 Å². The summed E-state index contributed by atoms with van der Waals surface area (Å²) in [6.07, 6.45) is 0.932. The summed E-state index contributed by atoms with van der Waals surface area (Å²) >= 11 is 0. The summed E-state index contributed by atoms with van der Waals surface area (Å²) in [5, 5.41) is 3.01. The summed E-state index contributed by atoms with van der Waals surface area (Å²) in [6, 6.07) is 1.73. The molecule has 88 valence electrons. The molecule has 1 aromatic rings. The Morgan fingerprint density at radius 1 is 1.31 bits per heavy atom. The Bertz CT molecular complexity index is 399. The highest BCUT2D eigenvalue weighted by Gasteiger charge is 2.17. The van der Waals surface area contributed by atoms with Crippen molar-refractivity contribution in [2.24, 2.45) is 0 Å². The van der Waals surface area contributed by atoms with Crippen molar-refractivity contribution < 1.29 is 9.53 Å². The van der Waals surface area contributed by atoms with Gasteiger partial charge in [0.25, 0.3) is 0 Å². The standard InChI is InChI=1S/C13H19NO2/c1-8-6-12(16-5)9(2)10(3)13(8)11(7-15)14-4/h6-7,11,14H,1-5H3. The molecular weight excluding hydrogens is 202 g/mol. The molecule has 1 aromatic carbocycles. The lowest BCUT2D eigenvalue weighted by molar-refractivity contribution is -0.109. The maximum absolute atomic E-state index is 11.0. The molecule has 0 spiro atoms. The number of aldehydes is 1.